The van der Waals surface area contributed by atoms with Crippen LogP contribution in [0.2, 0.25) is 0 Å². The van der Waals surface area contributed by atoms with Crippen molar-refractivity contribution < 1.29 is 0 Å². The average molecular weight is 287 g/mol. The molecule has 21 heavy (non-hydrogen) atoms. The number of anilines is 2. The molecule has 7 nitrogen and oxygen atoms in total. The minimum Gasteiger partial charge on any atom is -0.354 e. The molecule has 3 rings (SSSR count). The van der Waals surface area contributed by atoms with E-state index in [-0.39, 0.29) is 0 Å². The predicted octanol–water partition coefficient (Wildman–Crippen LogP) is 1.73. The lowest BCUT2D eigenvalue weighted by atomic mass is 10.4. The van der Waals surface area contributed by atoms with Crippen molar-refractivity contribution in [3.8, 4) is 5.95 Å². The van der Waals surface area contributed by atoms with E-state index in [0.29, 0.717) is 11.9 Å². The Morgan fingerprint density at radius 2 is 2.14 bits per heavy atom. The summed E-state index contributed by atoms with van der Waals surface area (Å²) in [6, 6.07) is 1.86. The molecule has 0 atom stereocenters. The van der Waals surface area contributed by atoms with Crippen LogP contribution in [0.3, 0.4) is 0 Å². The first-order valence-corrected chi connectivity index (χ1v) is 7.55. The zero-order valence-electron chi connectivity index (χ0n) is 12.5. The first-order valence-electron chi connectivity index (χ1n) is 7.55. The summed E-state index contributed by atoms with van der Waals surface area (Å²) in [6.07, 6.45) is 6.19. The minimum absolute atomic E-state index is 0.551. The number of hydrogen-bond acceptors (Lipinski definition) is 6. The Labute approximate surface area is 124 Å². The van der Waals surface area contributed by atoms with E-state index in [1.54, 1.807) is 10.9 Å². The van der Waals surface area contributed by atoms with E-state index < -0.39 is 0 Å². The highest BCUT2D eigenvalue weighted by atomic mass is 15.4. The van der Waals surface area contributed by atoms with Crippen LogP contribution >= 0.6 is 0 Å². The molecule has 0 aliphatic heterocycles. The smallest absolute Gasteiger partial charge is 0.257 e. The van der Waals surface area contributed by atoms with Crippen molar-refractivity contribution in [2.45, 2.75) is 26.7 Å². The molecule has 0 unspecified atom stereocenters. The number of nitrogens with zero attached hydrogens (tertiary/aromatic N) is 6. The fourth-order valence-corrected chi connectivity index (χ4v) is 2.19. The Kier molecular flexibility index (Phi) is 3.98. The zero-order valence-corrected chi connectivity index (χ0v) is 12.5. The van der Waals surface area contributed by atoms with Gasteiger partial charge in [0, 0.05) is 32.0 Å². The van der Waals surface area contributed by atoms with Gasteiger partial charge in [-0.1, -0.05) is 0 Å². The molecular formula is C14H21N7. The monoisotopic (exact) mass is 287 g/mol. The van der Waals surface area contributed by atoms with E-state index in [2.05, 4.69) is 37.2 Å². The molecule has 1 aliphatic rings. The minimum atomic E-state index is 0.551. The van der Waals surface area contributed by atoms with Gasteiger partial charge in [-0.25, -0.2) is 4.68 Å². The lowest BCUT2D eigenvalue weighted by Gasteiger charge is -2.21. The topological polar surface area (TPSA) is 71.8 Å². The molecule has 1 saturated carbocycles. The van der Waals surface area contributed by atoms with Crippen LogP contribution in [0.1, 0.15) is 26.7 Å². The molecule has 1 N–H and O–H groups in total. The molecule has 2 aromatic heterocycles. The first kappa shape index (κ1) is 13.8. The third-order valence-corrected chi connectivity index (χ3v) is 3.50. The Balaban J connectivity index is 1.93. The van der Waals surface area contributed by atoms with Crippen molar-refractivity contribution in [2.75, 3.05) is 29.9 Å². The summed E-state index contributed by atoms with van der Waals surface area (Å²) in [5, 5.41) is 7.37. The third kappa shape index (κ3) is 3.29. The van der Waals surface area contributed by atoms with Gasteiger partial charge < -0.3 is 10.2 Å². The van der Waals surface area contributed by atoms with Crippen molar-refractivity contribution in [1.82, 2.24) is 24.7 Å². The molecule has 1 fully saturated rings. The van der Waals surface area contributed by atoms with E-state index in [4.69, 9.17) is 0 Å². The van der Waals surface area contributed by atoms with E-state index in [9.17, 15) is 0 Å². The molecule has 1 aliphatic carbocycles. The van der Waals surface area contributed by atoms with Crippen LogP contribution in [0.4, 0.5) is 11.9 Å². The Morgan fingerprint density at radius 1 is 1.29 bits per heavy atom. The van der Waals surface area contributed by atoms with Gasteiger partial charge in [0.05, 0.1) is 0 Å². The maximum atomic E-state index is 4.57. The summed E-state index contributed by atoms with van der Waals surface area (Å²) in [5.74, 6) is 2.66. The molecule has 0 amide bonds. The van der Waals surface area contributed by atoms with Gasteiger partial charge in [0.2, 0.25) is 11.9 Å². The molecule has 2 heterocycles. The van der Waals surface area contributed by atoms with Crippen molar-refractivity contribution >= 4 is 11.9 Å². The molecule has 0 saturated heterocycles. The molecule has 0 spiro atoms. The highest BCUT2D eigenvalue weighted by molar-refractivity contribution is 5.40. The zero-order chi connectivity index (χ0) is 14.7. The van der Waals surface area contributed by atoms with E-state index >= 15 is 0 Å². The maximum Gasteiger partial charge on any atom is 0.257 e. The third-order valence-electron chi connectivity index (χ3n) is 3.50. The van der Waals surface area contributed by atoms with Crippen LogP contribution in [0.25, 0.3) is 5.95 Å². The Morgan fingerprint density at radius 3 is 2.76 bits per heavy atom. The van der Waals surface area contributed by atoms with Gasteiger partial charge in [-0.05, 0) is 38.7 Å². The highest BCUT2D eigenvalue weighted by Crippen LogP contribution is 2.30. The Hall–Kier alpha value is -2.18. The van der Waals surface area contributed by atoms with Crippen molar-refractivity contribution in [2.24, 2.45) is 5.92 Å². The quantitative estimate of drug-likeness (QED) is 0.836. The van der Waals surface area contributed by atoms with Gasteiger partial charge >= 0.3 is 0 Å². The fraction of sp³-hybridized carbons (Fsp3) is 0.571. The van der Waals surface area contributed by atoms with Gasteiger partial charge in [-0.3, -0.25) is 0 Å². The van der Waals surface area contributed by atoms with E-state index in [0.717, 1.165) is 31.5 Å². The normalized spacial score (nSPS) is 14.2. The summed E-state index contributed by atoms with van der Waals surface area (Å²) in [6.45, 7) is 6.84. The summed E-state index contributed by atoms with van der Waals surface area (Å²) >= 11 is 0. The van der Waals surface area contributed by atoms with Crippen molar-refractivity contribution in [3.05, 3.63) is 18.5 Å². The fourth-order valence-electron chi connectivity index (χ4n) is 2.19. The van der Waals surface area contributed by atoms with E-state index in [1.165, 1.54) is 12.8 Å². The van der Waals surface area contributed by atoms with Gasteiger partial charge in [-0.15, -0.1) is 0 Å². The van der Waals surface area contributed by atoms with Crippen LogP contribution in [-0.4, -0.2) is 44.4 Å². The number of nitrogens with one attached hydrogen (secondary N) is 1. The SMILES string of the molecule is CCNc1nc(N(CC)CC2CC2)nc(-n2cccn2)n1. The molecule has 2 aromatic rings. The predicted molar refractivity (Wildman–Crippen MR) is 81.7 cm³/mol. The standard InChI is InChI=1S/C14H21N7/c1-3-15-12-17-13(20(4-2)10-11-6-7-11)19-14(18-12)21-9-5-8-16-21/h5,8-9,11H,3-4,6-7,10H2,1-2H3,(H,15,17,18,19). The second-order valence-electron chi connectivity index (χ2n) is 5.22. The van der Waals surface area contributed by atoms with E-state index in [1.807, 2.05) is 19.2 Å². The van der Waals surface area contributed by atoms with Crippen LogP contribution in [0, 0.1) is 5.92 Å². The van der Waals surface area contributed by atoms with Gasteiger partial charge in [-0.2, -0.15) is 20.1 Å². The van der Waals surface area contributed by atoms with Crippen LogP contribution in [-0.2, 0) is 0 Å². The molecular weight excluding hydrogens is 266 g/mol. The Bertz CT molecular complexity index is 577. The van der Waals surface area contributed by atoms with Gasteiger partial charge in [0.25, 0.3) is 5.95 Å². The first-order chi connectivity index (χ1) is 10.3. The van der Waals surface area contributed by atoms with Crippen molar-refractivity contribution in [3.63, 3.8) is 0 Å². The number of hydrogen-bond donors (Lipinski definition) is 1. The number of rotatable bonds is 7. The second-order valence-corrected chi connectivity index (χ2v) is 5.22. The highest BCUT2D eigenvalue weighted by Gasteiger charge is 2.25. The second kappa shape index (κ2) is 6.07. The molecule has 0 radical (unpaired) electrons. The lowest BCUT2D eigenvalue weighted by molar-refractivity contribution is 0.705. The maximum absolute atomic E-state index is 4.57. The van der Waals surface area contributed by atoms with Crippen LogP contribution in [0.15, 0.2) is 18.5 Å². The van der Waals surface area contributed by atoms with Gasteiger partial charge in [0.1, 0.15) is 0 Å². The molecule has 7 heteroatoms. The average Bonchev–Trinajstić information content (AvgIpc) is 3.14. The largest absolute Gasteiger partial charge is 0.354 e. The van der Waals surface area contributed by atoms with Crippen LogP contribution in [0.5, 0.6) is 0 Å². The number of aromatic nitrogens is 5. The molecule has 0 aromatic carbocycles. The lowest BCUT2D eigenvalue weighted by Crippen LogP contribution is -2.28. The summed E-state index contributed by atoms with van der Waals surface area (Å²) in [5.41, 5.74) is 0. The summed E-state index contributed by atoms with van der Waals surface area (Å²) in [7, 11) is 0. The van der Waals surface area contributed by atoms with Crippen molar-refractivity contribution in [1.29, 1.82) is 0 Å². The summed E-state index contributed by atoms with van der Waals surface area (Å²) in [4.78, 5) is 15.7. The molecule has 112 valence electrons. The van der Waals surface area contributed by atoms with Gasteiger partial charge in [0.15, 0.2) is 0 Å². The molecule has 0 bridgehead atoms. The van der Waals surface area contributed by atoms with Crippen LogP contribution < -0.4 is 10.2 Å². The summed E-state index contributed by atoms with van der Waals surface area (Å²) < 4.78 is 1.66.